The van der Waals surface area contributed by atoms with E-state index in [1.807, 2.05) is 0 Å². The molecule has 5 heteroatoms. The van der Waals surface area contributed by atoms with Crippen molar-refractivity contribution in [2.24, 2.45) is 5.92 Å². The summed E-state index contributed by atoms with van der Waals surface area (Å²) in [4.78, 5) is 15.4. The number of ether oxygens (including phenoxy) is 2. The molecule has 0 amide bonds. The van der Waals surface area contributed by atoms with Gasteiger partial charge in [-0.3, -0.25) is 4.98 Å². The highest BCUT2D eigenvalue weighted by molar-refractivity contribution is 5.88. The first-order valence-corrected chi connectivity index (χ1v) is 6.61. The van der Waals surface area contributed by atoms with Gasteiger partial charge in [-0.15, -0.1) is 0 Å². The maximum Gasteiger partial charge on any atom is 0.339 e. The topological polar surface area (TPSA) is 60.5 Å². The standard InChI is InChI=1S/C14H20N2O3/c1-18-14(17)12-2-3-13(16-8-12)10-19-9-11-4-6-15-7-5-11/h2-3,8,11,15H,4-7,9-10H2,1H3. The molecule has 1 saturated heterocycles. The predicted octanol–water partition coefficient (Wildman–Crippen LogP) is 1.38. The monoisotopic (exact) mass is 264 g/mol. The zero-order valence-electron chi connectivity index (χ0n) is 11.2. The number of hydrogen-bond acceptors (Lipinski definition) is 5. The number of esters is 1. The molecule has 0 saturated carbocycles. The smallest absolute Gasteiger partial charge is 0.339 e. The van der Waals surface area contributed by atoms with E-state index >= 15 is 0 Å². The molecule has 0 bridgehead atoms. The molecule has 0 aromatic carbocycles. The Balaban J connectivity index is 1.75. The van der Waals surface area contributed by atoms with Crippen molar-refractivity contribution >= 4 is 5.97 Å². The van der Waals surface area contributed by atoms with E-state index < -0.39 is 0 Å². The molecule has 0 atom stereocenters. The Labute approximate surface area is 113 Å². The number of rotatable bonds is 5. The third-order valence-corrected chi connectivity index (χ3v) is 3.31. The van der Waals surface area contributed by atoms with Gasteiger partial charge in [-0.05, 0) is 44.0 Å². The number of pyridine rings is 1. The lowest BCUT2D eigenvalue weighted by atomic mass is 9.99. The molecule has 1 aromatic heterocycles. The van der Waals surface area contributed by atoms with Gasteiger partial charge in [-0.1, -0.05) is 0 Å². The van der Waals surface area contributed by atoms with Crippen LogP contribution in [0.15, 0.2) is 18.3 Å². The van der Waals surface area contributed by atoms with E-state index in [1.165, 1.54) is 26.1 Å². The number of piperidine rings is 1. The molecule has 0 spiro atoms. The molecule has 5 nitrogen and oxygen atoms in total. The largest absolute Gasteiger partial charge is 0.465 e. The van der Waals surface area contributed by atoms with E-state index in [-0.39, 0.29) is 5.97 Å². The van der Waals surface area contributed by atoms with Crippen LogP contribution in [0.25, 0.3) is 0 Å². The van der Waals surface area contributed by atoms with Crippen LogP contribution in [-0.4, -0.2) is 37.8 Å². The van der Waals surface area contributed by atoms with E-state index in [4.69, 9.17) is 4.74 Å². The first-order chi connectivity index (χ1) is 9.29. The van der Waals surface area contributed by atoms with Gasteiger partial charge in [0.2, 0.25) is 0 Å². The van der Waals surface area contributed by atoms with Crippen LogP contribution in [0.4, 0.5) is 0 Å². The number of aromatic nitrogens is 1. The van der Waals surface area contributed by atoms with Crippen molar-refractivity contribution in [3.8, 4) is 0 Å². The third-order valence-electron chi connectivity index (χ3n) is 3.31. The van der Waals surface area contributed by atoms with Crippen molar-refractivity contribution in [1.29, 1.82) is 0 Å². The van der Waals surface area contributed by atoms with Crippen LogP contribution in [0.3, 0.4) is 0 Å². The summed E-state index contributed by atoms with van der Waals surface area (Å²) in [6, 6.07) is 3.51. The summed E-state index contributed by atoms with van der Waals surface area (Å²) in [6.45, 7) is 3.44. The fourth-order valence-electron chi connectivity index (χ4n) is 2.13. The summed E-state index contributed by atoms with van der Waals surface area (Å²) >= 11 is 0. The average molecular weight is 264 g/mol. The quantitative estimate of drug-likeness (QED) is 0.814. The fourth-order valence-corrected chi connectivity index (χ4v) is 2.13. The molecule has 1 fully saturated rings. The van der Waals surface area contributed by atoms with Crippen molar-refractivity contribution in [2.45, 2.75) is 19.4 Å². The van der Waals surface area contributed by atoms with Gasteiger partial charge in [0.15, 0.2) is 0 Å². The van der Waals surface area contributed by atoms with E-state index in [9.17, 15) is 4.79 Å². The average Bonchev–Trinajstić information content (AvgIpc) is 2.48. The van der Waals surface area contributed by atoms with Crippen molar-refractivity contribution in [3.63, 3.8) is 0 Å². The molecule has 104 valence electrons. The van der Waals surface area contributed by atoms with E-state index in [0.29, 0.717) is 18.1 Å². The van der Waals surface area contributed by atoms with Crippen LogP contribution in [0.2, 0.25) is 0 Å². The van der Waals surface area contributed by atoms with Gasteiger partial charge in [0.1, 0.15) is 0 Å². The Hall–Kier alpha value is -1.46. The Morgan fingerprint density at radius 1 is 1.42 bits per heavy atom. The van der Waals surface area contributed by atoms with E-state index in [1.54, 1.807) is 12.1 Å². The normalized spacial score (nSPS) is 16.3. The van der Waals surface area contributed by atoms with Crippen LogP contribution < -0.4 is 5.32 Å². The molecule has 2 rings (SSSR count). The zero-order chi connectivity index (χ0) is 13.5. The molecule has 1 aliphatic heterocycles. The van der Waals surface area contributed by atoms with Crippen molar-refractivity contribution in [2.75, 3.05) is 26.8 Å². The molecule has 1 aromatic rings. The molecule has 1 N–H and O–H groups in total. The maximum atomic E-state index is 11.2. The molecule has 0 unspecified atom stereocenters. The van der Waals surface area contributed by atoms with Gasteiger partial charge in [-0.2, -0.15) is 0 Å². The summed E-state index contributed by atoms with van der Waals surface area (Å²) in [5.41, 5.74) is 1.30. The number of carbonyl (C=O) groups is 1. The van der Waals surface area contributed by atoms with Crippen LogP contribution >= 0.6 is 0 Å². The first-order valence-electron chi connectivity index (χ1n) is 6.61. The highest BCUT2D eigenvalue weighted by Crippen LogP contribution is 2.12. The third kappa shape index (κ3) is 4.29. The minimum Gasteiger partial charge on any atom is -0.465 e. The van der Waals surface area contributed by atoms with Crippen LogP contribution in [-0.2, 0) is 16.1 Å². The Kier molecular flexibility index (Phi) is 5.30. The van der Waals surface area contributed by atoms with Crippen LogP contribution in [0.5, 0.6) is 0 Å². The number of methoxy groups -OCH3 is 1. The second-order valence-electron chi connectivity index (χ2n) is 4.74. The number of hydrogen-bond donors (Lipinski definition) is 1. The second-order valence-corrected chi connectivity index (χ2v) is 4.74. The molecular formula is C14H20N2O3. The van der Waals surface area contributed by atoms with Gasteiger partial charge >= 0.3 is 5.97 Å². The Morgan fingerprint density at radius 3 is 2.84 bits per heavy atom. The zero-order valence-corrected chi connectivity index (χ0v) is 11.2. The van der Waals surface area contributed by atoms with E-state index in [2.05, 4.69) is 15.0 Å². The van der Waals surface area contributed by atoms with Crippen LogP contribution in [0, 0.1) is 5.92 Å². The summed E-state index contributed by atoms with van der Waals surface area (Å²) < 4.78 is 10.3. The fraction of sp³-hybridized carbons (Fsp3) is 0.571. The minimum atomic E-state index is -0.366. The molecule has 19 heavy (non-hydrogen) atoms. The summed E-state index contributed by atoms with van der Waals surface area (Å²) in [5, 5.41) is 3.33. The van der Waals surface area contributed by atoms with E-state index in [0.717, 1.165) is 25.4 Å². The Bertz CT molecular complexity index is 400. The lowest BCUT2D eigenvalue weighted by Crippen LogP contribution is -2.29. The molecular weight excluding hydrogens is 244 g/mol. The number of nitrogens with one attached hydrogen (secondary N) is 1. The SMILES string of the molecule is COC(=O)c1ccc(COCC2CCNCC2)nc1. The summed E-state index contributed by atoms with van der Waals surface area (Å²) in [5.74, 6) is 0.283. The molecule has 1 aliphatic rings. The van der Waals surface area contributed by atoms with Gasteiger partial charge in [0.25, 0.3) is 0 Å². The van der Waals surface area contributed by atoms with Crippen molar-refractivity contribution in [1.82, 2.24) is 10.3 Å². The van der Waals surface area contributed by atoms with Crippen molar-refractivity contribution < 1.29 is 14.3 Å². The van der Waals surface area contributed by atoms with Gasteiger partial charge in [-0.25, -0.2) is 4.79 Å². The lowest BCUT2D eigenvalue weighted by molar-refractivity contribution is 0.0599. The summed E-state index contributed by atoms with van der Waals surface area (Å²) in [6.07, 6.45) is 3.87. The first kappa shape index (κ1) is 14.0. The van der Waals surface area contributed by atoms with Gasteiger partial charge in [0, 0.05) is 6.20 Å². The highest BCUT2D eigenvalue weighted by Gasteiger charge is 2.13. The highest BCUT2D eigenvalue weighted by atomic mass is 16.5. The summed E-state index contributed by atoms with van der Waals surface area (Å²) in [7, 11) is 1.36. The van der Waals surface area contributed by atoms with Crippen LogP contribution in [0.1, 0.15) is 28.9 Å². The molecule has 0 aliphatic carbocycles. The molecule has 0 radical (unpaired) electrons. The molecule has 2 heterocycles. The lowest BCUT2D eigenvalue weighted by Gasteiger charge is -2.22. The van der Waals surface area contributed by atoms with Gasteiger partial charge in [0.05, 0.1) is 31.6 Å². The Morgan fingerprint density at radius 2 is 2.21 bits per heavy atom. The second kappa shape index (κ2) is 7.21. The number of carbonyl (C=O) groups excluding carboxylic acids is 1. The van der Waals surface area contributed by atoms with Crippen molar-refractivity contribution in [3.05, 3.63) is 29.6 Å². The predicted molar refractivity (Wildman–Crippen MR) is 70.8 cm³/mol. The van der Waals surface area contributed by atoms with Gasteiger partial charge < -0.3 is 14.8 Å². The maximum absolute atomic E-state index is 11.2. The minimum absolute atomic E-state index is 0.366. The number of nitrogens with zero attached hydrogens (tertiary/aromatic N) is 1.